The first kappa shape index (κ1) is 14.2. The molecule has 2 aromatic rings. The molecule has 4 heteroatoms. The van der Waals surface area contributed by atoms with E-state index in [2.05, 4.69) is 29.0 Å². The molecule has 1 N–H and O–H groups in total. The van der Waals surface area contributed by atoms with Gasteiger partial charge in [0, 0.05) is 23.7 Å². The third kappa shape index (κ3) is 2.82. The van der Waals surface area contributed by atoms with Gasteiger partial charge < -0.3 is 5.32 Å². The van der Waals surface area contributed by atoms with Crippen molar-refractivity contribution in [3.05, 3.63) is 77.2 Å². The number of rotatable bonds is 2. The molecule has 2 heterocycles. The molecule has 0 saturated heterocycles. The molecule has 3 rings (SSSR count). The van der Waals surface area contributed by atoms with Gasteiger partial charge in [-0.2, -0.15) is 0 Å². The zero-order valence-electron chi connectivity index (χ0n) is 11.3. The molecule has 1 atom stereocenters. The number of aromatic nitrogens is 1. The topological polar surface area (TPSA) is 24.9 Å². The van der Waals surface area contributed by atoms with Gasteiger partial charge >= 0.3 is 0 Å². The van der Waals surface area contributed by atoms with Crippen LogP contribution in [-0.4, -0.2) is 10.4 Å². The second-order valence-corrected chi connectivity index (χ2v) is 5.83. The van der Waals surface area contributed by atoms with Gasteiger partial charge in [-0.05, 0) is 23.6 Å². The van der Waals surface area contributed by atoms with Crippen LogP contribution in [0, 0.1) is 0 Å². The molecule has 0 saturated carbocycles. The fourth-order valence-corrected chi connectivity index (χ4v) is 2.85. The van der Waals surface area contributed by atoms with Gasteiger partial charge in [-0.25, -0.2) is 0 Å². The number of halogens is 2. The Morgan fingerprint density at radius 1 is 1.19 bits per heavy atom. The van der Waals surface area contributed by atoms with E-state index in [0.29, 0.717) is 11.4 Å². The highest BCUT2D eigenvalue weighted by Gasteiger charge is 2.25. The summed E-state index contributed by atoms with van der Waals surface area (Å²) in [6, 6.07) is 12.1. The van der Waals surface area contributed by atoms with E-state index in [4.69, 9.17) is 23.2 Å². The van der Waals surface area contributed by atoms with Crippen LogP contribution < -0.4 is 5.32 Å². The van der Waals surface area contributed by atoms with Gasteiger partial charge in [-0.1, -0.05) is 48.5 Å². The van der Waals surface area contributed by atoms with Crippen molar-refractivity contribution in [3.63, 3.8) is 0 Å². The highest BCUT2D eigenvalue weighted by molar-refractivity contribution is 6.32. The van der Waals surface area contributed by atoms with Crippen LogP contribution in [-0.2, 0) is 0 Å². The fraction of sp³-hybridized carbons (Fsp3) is 0.118. The first-order chi connectivity index (χ1) is 10.2. The lowest BCUT2D eigenvalue weighted by Gasteiger charge is -2.28. The van der Waals surface area contributed by atoms with Gasteiger partial charge in [-0.3, -0.25) is 4.98 Å². The molecule has 1 aliphatic heterocycles. The van der Waals surface area contributed by atoms with Gasteiger partial charge in [0.1, 0.15) is 0 Å². The lowest BCUT2D eigenvalue weighted by atomic mass is 9.92. The highest BCUT2D eigenvalue weighted by Crippen LogP contribution is 2.37. The fourth-order valence-electron chi connectivity index (χ4n) is 2.43. The summed E-state index contributed by atoms with van der Waals surface area (Å²) in [6.45, 7) is 3.99. The van der Waals surface area contributed by atoms with E-state index in [-0.39, 0.29) is 5.38 Å². The van der Waals surface area contributed by atoms with Crippen molar-refractivity contribution >= 4 is 34.5 Å². The summed E-state index contributed by atoms with van der Waals surface area (Å²) in [4.78, 5) is 4.04. The largest absolute Gasteiger partial charge is 0.357 e. The molecule has 0 fully saturated rings. The number of benzene rings is 1. The third-order valence-electron chi connectivity index (χ3n) is 3.51. The number of nitrogens with zero attached hydrogens (tertiary/aromatic N) is 1. The van der Waals surface area contributed by atoms with E-state index in [1.54, 1.807) is 12.4 Å². The Labute approximate surface area is 134 Å². The Morgan fingerprint density at radius 2 is 1.95 bits per heavy atom. The van der Waals surface area contributed by atoms with Crippen molar-refractivity contribution in [2.24, 2.45) is 0 Å². The molecule has 0 bridgehead atoms. The van der Waals surface area contributed by atoms with Crippen LogP contribution >= 0.6 is 23.2 Å². The molecule has 2 nitrogen and oxygen atoms in total. The minimum absolute atomic E-state index is 0.135. The molecule has 0 spiro atoms. The van der Waals surface area contributed by atoms with Crippen LogP contribution in [0.4, 0.5) is 0 Å². The van der Waals surface area contributed by atoms with Crippen LogP contribution in [0.5, 0.6) is 0 Å². The van der Waals surface area contributed by atoms with E-state index in [9.17, 15) is 0 Å². The van der Waals surface area contributed by atoms with E-state index in [1.807, 2.05) is 24.3 Å². The third-order valence-corrected chi connectivity index (χ3v) is 4.23. The molecular weight excluding hydrogens is 303 g/mol. The van der Waals surface area contributed by atoms with Crippen molar-refractivity contribution in [2.75, 3.05) is 0 Å². The molecule has 106 valence electrons. The van der Waals surface area contributed by atoms with Gasteiger partial charge in [0.2, 0.25) is 0 Å². The quantitative estimate of drug-likeness (QED) is 0.811. The highest BCUT2D eigenvalue weighted by atomic mass is 35.5. The summed E-state index contributed by atoms with van der Waals surface area (Å²) in [5.41, 5.74) is 4.92. The van der Waals surface area contributed by atoms with Crippen LogP contribution in [0.1, 0.15) is 17.5 Å². The summed E-state index contributed by atoms with van der Waals surface area (Å²) >= 11 is 12.7. The average Bonchev–Trinajstić information content (AvgIpc) is 2.51. The number of pyridine rings is 1. The Balaban J connectivity index is 2.19. The van der Waals surface area contributed by atoms with Gasteiger partial charge in [0.25, 0.3) is 0 Å². The van der Waals surface area contributed by atoms with Crippen LogP contribution in [0.15, 0.2) is 61.1 Å². The van der Waals surface area contributed by atoms with E-state index >= 15 is 0 Å². The Morgan fingerprint density at radius 3 is 2.67 bits per heavy atom. The number of alkyl halides is 1. The first-order valence-electron chi connectivity index (χ1n) is 6.65. The lowest BCUT2D eigenvalue weighted by molar-refractivity contribution is 0.881. The van der Waals surface area contributed by atoms with E-state index in [0.717, 1.165) is 28.1 Å². The Bertz CT molecular complexity index is 708. The zero-order valence-corrected chi connectivity index (χ0v) is 12.8. The van der Waals surface area contributed by atoms with Gasteiger partial charge in [-0.15, -0.1) is 11.6 Å². The molecular formula is C17H14Cl2N2. The molecule has 0 amide bonds. The predicted molar refractivity (Wildman–Crippen MR) is 89.0 cm³/mol. The second-order valence-electron chi connectivity index (χ2n) is 4.90. The molecule has 1 unspecified atom stereocenters. The number of nitrogens with one attached hydrogen (secondary N) is 1. The van der Waals surface area contributed by atoms with Gasteiger partial charge in [0.05, 0.1) is 16.1 Å². The minimum atomic E-state index is -0.135. The maximum Gasteiger partial charge on any atom is 0.0770 e. The molecule has 1 aromatic heterocycles. The summed E-state index contributed by atoms with van der Waals surface area (Å²) in [6.07, 6.45) is 4.09. The smallest absolute Gasteiger partial charge is 0.0770 e. The predicted octanol–water partition coefficient (Wildman–Crippen LogP) is 4.72. The molecule has 0 radical (unpaired) electrons. The minimum Gasteiger partial charge on any atom is -0.357 e. The SMILES string of the molecule is C=C1NC(c2ccncc2Cl)=C(c2ccccc2)CC1Cl. The average molecular weight is 317 g/mol. The van der Waals surface area contributed by atoms with Crippen molar-refractivity contribution in [2.45, 2.75) is 11.8 Å². The number of allylic oxidation sites excluding steroid dienone is 2. The normalized spacial score (nSPS) is 18.6. The monoisotopic (exact) mass is 316 g/mol. The van der Waals surface area contributed by atoms with Crippen molar-refractivity contribution in [1.29, 1.82) is 0 Å². The summed E-state index contributed by atoms with van der Waals surface area (Å²) in [5, 5.41) is 3.78. The van der Waals surface area contributed by atoms with Crippen LogP contribution in [0.3, 0.4) is 0 Å². The van der Waals surface area contributed by atoms with Crippen LogP contribution in [0.2, 0.25) is 5.02 Å². The zero-order chi connectivity index (χ0) is 14.8. The van der Waals surface area contributed by atoms with Crippen LogP contribution in [0.25, 0.3) is 11.3 Å². The second kappa shape index (κ2) is 5.92. The Hall–Kier alpha value is -1.77. The molecule has 21 heavy (non-hydrogen) atoms. The van der Waals surface area contributed by atoms with Crippen molar-refractivity contribution in [3.8, 4) is 0 Å². The first-order valence-corrected chi connectivity index (χ1v) is 7.46. The van der Waals surface area contributed by atoms with E-state index < -0.39 is 0 Å². The number of hydrogen-bond acceptors (Lipinski definition) is 2. The van der Waals surface area contributed by atoms with Crippen molar-refractivity contribution in [1.82, 2.24) is 10.3 Å². The Kier molecular flexibility index (Phi) is 4.00. The summed E-state index contributed by atoms with van der Waals surface area (Å²) < 4.78 is 0. The van der Waals surface area contributed by atoms with E-state index in [1.165, 1.54) is 0 Å². The molecule has 1 aliphatic rings. The van der Waals surface area contributed by atoms with Gasteiger partial charge in [0.15, 0.2) is 0 Å². The summed E-state index contributed by atoms with van der Waals surface area (Å²) in [5.74, 6) is 0. The molecule has 0 aliphatic carbocycles. The number of hydrogen-bond donors (Lipinski definition) is 1. The summed E-state index contributed by atoms with van der Waals surface area (Å²) in [7, 11) is 0. The van der Waals surface area contributed by atoms with Crippen molar-refractivity contribution < 1.29 is 0 Å². The maximum absolute atomic E-state index is 6.36. The lowest BCUT2D eigenvalue weighted by Crippen LogP contribution is -2.25. The maximum atomic E-state index is 6.36. The standard InChI is InChI=1S/C17H14Cl2N2/c1-11-15(18)9-14(12-5-3-2-4-6-12)17(21-11)13-7-8-20-10-16(13)19/h2-8,10,15,21H,1,9H2. The molecule has 1 aromatic carbocycles.